The average molecular weight is 458 g/mol. The highest BCUT2D eigenvalue weighted by Crippen LogP contribution is 2.28. The van der Waals surface area contributed by atoms with Gasteiger partial charge in [0.25, 0.3) is 5.56 Å². The number of para-hydroxylation sites is 1. The van der Waals surface area contributed by atoms with Crippen LogP contribution in [0.3, 0.4) is 0 Å². The molecule has 0 aliphatic carbocycles. The van der Waals surface area contributed by atoms with Crippen LogP contribution in [0.1, 0.15) is 18.9 Å². The van der Waals surface area contributed by atoms with Crippen molar-refractivity contribution < 1.29 is 4.79 Å². The summed E-state index contributed by atoms with van der Waals surface area (Å²) < 4.78 is 2.48. The Labute approximate surface area is 175 Å². The Bertz CT molecular complexity index is 1110. The van der Waals surface area contributed by atoms with Crippen LogP contribution < -0.4 is 10.5 Å². The Hall–Kier alpha value is -2.12. The van der Waals surface area contributed by atoms with Crippen LogP contribution in [0, 0.1) is 0 Å². The molecule has 3 aromatic rings. The van der Waals surface area contributed by atoms with Gasteiger partial charge in [0.15, 0.2) is 5.16 Å². The fourth-order valence-corrected chi connectivity index (χ4v) is 4.86. The van der Waals surface area contributed by atoms with Crippen LogP contribution in [-0.2, 0) is 17.8 Å². The Morgan fingerprint density at radius 2 is 2.07 bits per heavy atom. The smallest absolute Gasteiger partial charge is 0.262 e. The zero-order valence-electron chi connectivity index (χ0n) is 15.5. The zero-order valence-corrected chi connectivity index (χ0v) is 17.9. The van der Waals surface area contributed by atoms with Crippen molar-refractivity contribution in [3.63, 3.8) is 0 Å². The monoisotopic (exact) mass is 457 g/mol. The summed E-state index contributed by atoms with van der Waals surface area (Å²) in [4.78, 5) is 32.2. The summed E-state index contributed by atoms with van der Waals surface area (Å²) in [6, 6.07) is 13.6. The number of carbonyl (C=O) groups excluding carboxylic acids is 1. The van der Waals surface area contributed by atoms with Gasteiger partial charge in [-0.3, -0.25) is 14.2 Å². The number of aryl methyl sites for hydroxylation is 1. The predicted octanol–water partition coefficient (Wildman–Crippen LogP) is 4.25. The van der Waals surface area contributed by atoms with Gasteiger partial charge in [-0.2, -0.15) is 0 Å². The summed E-state index contributed by atoms with van der Waals surface area (Å²) in [6.45, 7) is 3.16. The van der Waals surface area contributed by atoms with E-state index >= 15 is 0 Å². The maximum Gasteiger partial charge on any atom is 0.262 e. The molecule has 0 saturated carbocycles. The van der Waals surface area contributed by atoms with Crippen LogP contribution in [0.2, 0.25) is 0 Å². The highest BCUT2D eigenvalue weighted by Gasteiger charge is 2.23. The molecule has 0 radical (unpaired) electrons. The molecule has 28 heavy (non-hydrogen) atoms. The summed E-state index contributed by atoms with van der Waals surface area (Å²) in [5, 5.41) is 1.16. The molecule has 0 saturated heterocycles. The van der Waals surface area contributed by atoms with E-state index in [9.17, 15) is 9.59 Å². The van der Waals surface area contributed by atoms with Crippen molar-refractivity contribution in [2.45, 2.75) is 31.5 Å². The highest BCUT2D eigenvalue weighted by molar-refractivity contribution is 9.10. The molecule has 144 valence electrons. The van der Waals surface area contributed by atoms with Gasteiger partial charge < -0.3 is 4.90 Å². The van der Waals surface area contributed by atoms with Crippen molar-refractivity contribution in [1.29, 1.82) is 0 Å². The predicted molar refractivity (Wildman–Crippen MR) is 117 cm³/mol. The number of fused-ring (bicyclic) bond motifs is 2. The van der Waals surface area contributed by atoms with E-state index in [1.54, 1.807) is 10.6 Å². The lowest BCUT2D eigenvalue weighted by atomic mass is 10.0. The number of carbonyl (C=O) groups is 1. The number of aromatic nitrogens is 2. The Kier molecular flexibility index (Phi) is 5.55. The minimum atomic E-state index is -0.0768. The van der Waals surface area contributed by atoms with Crippen molar-refractivity contribution in [1.82, 2.24) is 9.55 Å². The number of amides is 1. The maximum atomic E-state index is 12.9. The highest BCUT2D eigenvalue weighted by atomic mass is 79.9. The molecule has 2 aromatic carbocycles. The summed E-state index contributed by atoms with van der Waals surface area (Å²) >= 11 is 4.74. The number of halogens is 1. The Morgan fingerprint density at radius 1 is 1.25 bits per heavy atom. The van der Waals surface area contributed by atoms with Crippen molar-refractivity contribution in [3.8, 4) is 0 Å². The molecule has 0 unspecified atom stereocenters. The summed E-state index contributed by atoms with van der Waals surface area (Å²) in [5.41, 5.74) is 2.79. The summed E-state index contributed by atoms with van der Waals surface area (Å²) in [6.07, 6.45) is 1.97. The van der Waals surface area contributed by atoms with E-state index in [1.165, 1.54) is 17.3 Å². The van der Waals surface area contributed by atoms with E-state index in [-0.39, 0.29) is 17.2 Å². The van der Waals surface area contributed by atoms with Crippen LogP contribution in [0.15, 0.2) is 56.9 Å². The molecular formula is C21H20BrN3O2S. The fourth-order valence-electron chi connectivity index (χ4n) is 3.56. The Balaban J connectivity index is 1.60. The summed E-state index contributed by atoms with van der Waals surface area (Å²) in [5.74, 6) is 0.299. The van der Waals surface area contributed by atoms with Gasteiger partial charge >= 0.3 is 0 Å². The number of hydrogen-bond acceptors (Lipinski definition) is 4. The van der Waals surface area contributed by atoms with Crippen LogP contribution in [0.25, 0.3) is 10.9 Å². The molecular weight excluding hydrogens is 438 g/mol. The van der Waals surface area contributed by atoms with Crippen LogP contribution in [0.5, 0.6) is 0 Å². The topological polar surface area (TPSA) is 55.2 Å². The molecule has 2 heterocycles. The molecule has 7 heteroatoms. The lowest BCUT2D eigenvalue weighted by molar-refractivity contribution is -0.116. The fraction of sp³-hybridized carbons (Fsp3) is 0.286. The molecule has 0 atom stereocenters. The first-order chi connectivity index (χ1) is 13.6. The molecule has 4 rings (SSSR count). The first kappa shape index (κ1) is 19.2. The van der Waals surface area contributed by atoms with Gasteiger partial charge in [0.1, 0.15) is 0 Å². The minimum Gasteiger partial charge on any atom is -0.311 e. The maximum absolute atomic E-state index is 12.9. The first-order valence-corrected chi connectivity index (χ1v) is 11.1. The van der Waals surface area contributed by atoms with Gasteiger partial charge in [0, 0.05) is 23.2 Å². The largest absolute Gasteiger partial charge is 0.311 e. The Morgan fingerprint density at radius 3 is 2.89 bits per heavy atom. The van der Waals surface area contributed by atoms with Gasteiger partial charge in [0.05, 0.1) is 16.7 Å². The van der Waals surface area contributed by atoms with Crippen molar-refractivity contribution in [3.05, 3.63) is 62.9 Å². The van der Waals surface area contributed by atoms with Crippen LogP contribution >= 0.6 is 27.7 Å². The van der Waals surface area contributed by atoms with E-state index in [1.807, 2.05) is 42.2 Å². The van der Waals surface area contributed by atoms with Gasteiger partial charge in [-0.15, -0.1) is 0 Å². The van der Waals surface area contributed by atoms with E-state index in [0.717, 1.165) is 29.5 Å². The minimum absolute atomic E-state index is 0.0463. The number of anilines is 1. The zero-order chi connectivity index (χ0) is 19.7. The van der Waals surface area contributed by atoms with Gasteiger partial charge in [-0.25, -0.2) is 4.98 Å². The second-order valence-corrected chi connectivity index (χ2v) is 8.53. The normalized spacial score (nSPS) is 13.6. The first-order valence-electron chi connectivity index (χ1n) is 9.29. The van der Waals surface area contributed by atoms with Gasteiger partial charge in [0.2, 0.25) is 5.91 Å². The molecule has 0 bridgehead atoms. The standard InChI is InChI=1S/C21H20BrN3O2S/c1-2-24-20(27)16-12-15(22)9-10-17(16)23-21(24)28-13-19(26)25-11-5-7-14-6-3-4-8-18(14)25/h3-4,6,8-10,12H,2,5,7,11,13H2,1H3. The lowest BCUT2D eigenvalue weighted by Crippen LogP contribution is -2.36. The molecule has 1 aliphatic heterocycles. The van der Waals surface area contributed by atoms with Crippen molar-refractivity contribution >= 4 is 50.2 Å². The van der Waals surface area contributed by atoms with Crippen molar-refractivity contribution in [2.75, 3.05) is 17.2 Å². The van der Waals surface area contributed by atoms with Gasteiger partial charge in [-0.05, 0) is 49.6 Å². The molecule has 0 fully saturated rings. The van der Waals surface area contributed by atoms with Crippen LogP contribution in [0.4, 0.5) is 5.69 Å². The van der Waals surface area contributed by atoms with Gasteiger partial charge in [-0.1, -0.05) is 45.9 Å². The summed E-state index contributed by atoms with van der Waals surface area (Å²) in [7, 11) is 0. The number of benzene rings is 2. The number of hydrogen-bond donors (Lipinski definition) is 0. The average Bonchev–Trinajstić information content (AvgIpc) is 2.72. The van der Waals surface area contributed by atoms with Crippen molar-refractivity contribution in [2.24, 2.45) is 0 Å². The lowest BCUT2D eigenvalue weighted by Gasteiger charge is -2.29. The van der Waals surface area contributed by atoms with E-state index in [0.29, 0.717) is 22.6 Å². The SMILES string of the molecule is CCn1c(SCC(=O)N2CCCc3ccccc32)nc2ccc(Br)cc2c1=O. The van der Waals surface area contributed by atoms with E-state index < -0.39 is 0 Å². The molecule has 1 aromatic heterocycles. The molecule has 0 N–H and O–H groups in total. The third kappa shape index (κ3) is 3.61. The third-order valence-electron chi connectivity index (χ3n) is 4.93. The number of thioether (sulfide) groups is 1. The molecule has 0 spiro atoms. The molecule has 1 aliphatic rings. The number of rotatable bonds is 4. The van der Waals surface area contributed by atoms with E-state index in [4.69, 9.17) is 0 Å². The third-order valence-corrected chi connectivity index (χ3v) is 6.39. The quantitative estimate of drug-likeness (QED) is 0.433. The molecule has 5 nitrogen and oxygen atoms in total. The molecule has 1 amide bonds. The second-order valence-electron chi connectivity index (χ2n) is 6.67. The number of nitrogens with zero attached hydrogens (tertiary/aromatic N) is 3. The van der Waals surface area contributed by atoms with E-state index in [2.05, 4.69) is 27.0 Å². The van der Waals surface area contributed by atoms with Crippen LogP contribution in [-0.4, -0.2) is 27.8 Å². The second kappa shape index (κ2) is 8.09.